The van der Waals surface area contributed by atoms with Crippen LogP contribution in [-0.4, -0.2) is 28.4 Å². The molecule has 1 aromatic heterocycles. The van der Waals surface area contributed by atoms with Crippen LogP contribution in [-0.2, 0) is 19.9 Å². The molecule has 164 valence electrons. The number of rotatable bonds is 7. The Morgan fingerprint density at radius 3 is 2.03 bits per heavy atom. The summed E-state index contributed by atoms with van der Waals surface area (Å²) in [5.41, 5.74) is 3.55. The van der Waals surface area contributed by atoms with Gasteiger partial charge in [0.2, 0.25) is 10.0 Å². The Kier molecular flexibility index (Phi) is 6.64. The lowest BCUT2D eigenvalue weighted by Gasteiger charge is -2.20. The monoisotopic (exact) mass is 458 g/mol. The maximum Gasteiger partial charge on any atom is 0.241 e. The first-order valence-corrected chi connectivity index (χ1v) is 12.8. The molecule has 0 aliphatic heterocycles. The minimum atomic E-state index is -3.93. The van der Waals surface area contributed by atoms with E-state index in [4.69, 9.17) is 0 Å². The standard InChI is InChI=1S/C23H26N2O4S2/c1-16-7-9-21(10-8-16)30(26,27)22(20-6-5-11-24-14-20)15-25-31(28,29)23-18(3)12-17(2)13-19(23)4/h5-14,22,25H,15H2,1-4H3/t22-/m1/s1. The molecular formula is C23H26N2O4S2. The minimum Gasteiger partial charge on any atom is -0.264 e. The van der Waals surface area contributed by atoms with E-state index in [0.717, 1.165) is 11.1 Å². The second-order valence-corrected chi connectivity index (χ2v) is 11.5. The predicted octanol–water partition coefficient (Wildman–Crippen LogP) is 3.81. The van der Waals surface area contributed by atoms with Crippen LogP contribution in [0.2, 0.25) is 0 Å². The normalized spacial score (nSPS) is 13.2. The van der Waals surface area contributed by atoms with Gasteiger partial charge < -0.3 is 0 Å². The van der Waals surface area contributed by atoms with Crippen molar-refractivity contribution in [1.82, 2.24) is 9.71 Å². The van der Waals surface area contributed by atoms with Crippen molar-refractivity contribution in [2.75, 3.05) is 6.54 Å². The van der Waals surface area contributed by atoms with E-state index in [9.17, 15) is 16.8 Å². The van der Waals surface area contributed by atoms with Crippen LogP contribution < -0.4 is 4.72 Å². The van der Waals surface area contributed by atoms with Crippen LogP contribution in [0.25, 0.3) is 0 Å². The molecule has 8 heteroatoms. The van der Waals surface area contributed by atoms with E-state index in [1.54, 1.807) is 56.4 Å². The van der Waals surface area contributed by atoms with Gasteiger partial charge in [-0.1, -0.05) is 41.5 Å². The maximum absolute atomic E-state index is 13.4. The zero-order valence-corrected chi connectivity index (χ0v) is 19.6. The zero-order chi connectivity index (χ0) is 22.8. The van der Waals surface area contributed by atoms with Gasteiger partial charge in [0.05, 0.1) is 9.79 Å². The number of pyridine rings is 1. The molecule has 0 spiro atoms. The van der Waals surface area contributed by atoms with Gasteiger partial charge in [-0.25, -0.2) is 21.6 Å². The van der Waals surface area contributed by atoms with E-state index in [2.05, 4.69) is 9.71 Å². The second kappa shape index (κ2) is 8.90. The Bertz CT molecular complexity index is 1260. The van der Waals surface area contributed by atoms with Gasteiger partial charge in [0, 0.05) is 18.9 Å². The summed E-state index contributed by atoms with van der Waals surface area (Å²) in [5, 5.41) is -1.12. The van der Waals surface area contributed by atoms with Crippen molar-refractivity contribution in [1.29, 1.82) is 0 Å². The molecule has 0 saturated heterocycles. The molecule has 0 aliphatic carbocycles. The SMILES string of the molecule is Cc1ccc(S(=O)(=O)[C@H](CNS(=O)(=O)c2c(C)cc(C)cc2C)c2cccnc2)cc1. The minimum absolute atomic E-state index is 0.133. The number of benzene rings is 2. The van der Waals surface area contributed by atoms with Crippen LogP contribution in [0.5, 0.6) is 0 Å². The Balaban J connectivity index is 2.00. The van der Waals surface area contributed by atoms with Gasteiger partial charge in [-0.2, -0.15) is 0 Å². The third kappa shape index (κ3) is 5.03. The summed E-state index contributed by atoms with van der Waals surface area (Å²) >= 11 is 0. The number of hydrogen-bond acceptors (Lipinski definition) is 5. The van der Waals surface area contributed by atoms with E-state index >= 15 is 0 Å². The highest BCUT2D eigenvalue weighted by Crippen LogP contribution is 2.29. The first kappa shape index (κ1) is 23.1. The number of aryl methyl sites for hydroxylation is 4. The highest BCUT2D eigenvalue weighted by atomic mass is 32.2. The van der Waals surface area contributed by atoms with Gasteiger partial charge >= 0.3 is 0 Å². The number of sulfone groups is 1. The second-order valence-electron chi connectivity index (χ2n) is 7.71. The summed E-state index contributed by atoms with van der Waals surface area (Å²) in [6.45, 7) is 6.93. The Morgan fingerprint density at radius 2 is 1.48 bits per heavy atom. The van der Waals surface area contributed by atoms with Crippen LogP contribution in [0.1, 0.15) is 33.1 Å². The number of nitrogens with one attached hydrogen (secondary N) is 1. The molecule has 0 aliphatic rings. The lowest BCUT2D eigenvalue weighted by Crippen LogP contribution is -2.32. The molecule has 0 unspecified atom stereocenters. The highest BCUT2D eigenvalue weighted by Gasteiger charge is 2.31. The Hall–Kier alpha value is -2.55. The largest absolute Gasteiger partial charge is 0.264 e. The summed E-state index contributed by atoms with van der Waals surface area (Å²) < 4.78 is 55.6. The highest BCUT2D eigenvalue weighted by molar-refractivity contribution is 7.92. The summed E-state index contributed by atoms with van der Waals surface area (Å²) in [5.74, 6) is 0. The van der Waals surface area contributed by atoms with E-state index < -0.39 is 25.1 Å². The predicted molar refractivity (Wildman–Crippen MR) is 121 cm³/mol. The fourth-order valence-corrected chi connectivity index (χ4v) is 6.96. The van der Waals surface area contributed by atoms with Crippen molar-refractivity contribution in [3.63, 3.8) is 0 Å². The quantitative estimate of drug-likeness (QED) is 0.581. The number of hydrogen-bond donors (Lipinski definition) is 1. The maximum atomic E-state index is 13.4. The fourth-order valence-electron chi connectivity index (χ4n) is 3.71. The van der Waals surface area contributed by atoms with Crippen molar-refractivity contribution >= 4 is 19.9 Å². The van der Waals surface area contributed by atoms with Crippen molar-refractivity contribution in [2.24, 2.45) is 0 Å². The van der Waals surface area contributed by atoms with Gasteiger partial charge in [-0.15, -0.1) is 0 Å². The van der Waals surface area contributed by atoms with Crippen LogP contribution in [0.15, 0.2) is 70.7 Å². The number of sulfonamides is 1. The van der Waals surface area contributed by atoms with Crippen molar-refractivity contribution < 1.29 is 16.8 Å². The number of nitrogens with zero attached hydrogens (tertiary/aromatic N) is 1. The molecule has 6 nitrogen and oxygen atoms in total. The molecule has 31 heavy (non-hydrogen) atoms. The fraction of sp³-hybridized carbons (Fsp3) is 0.261. The summed E-state index contributed by atoms with van der Waals surface area (Å²) in [6, 6.07) is 13.4. The van der Waals surface area contributed by atoms with Crippen LogP contribution in [0, 0.1) is 27.7 Å². The molecule has 1 atom stereocenters. The van der Waals surface area contributed by atoms with Crippen LogP contribution >= 0.6 is 0 Å². The zero-order valence-electron chi connectivity index (χ0n) is 18.0. The Morgan fingerprint density at radius 1 is 0.871 bits per heavy atom. The van der Waals surface area contributed by atoms with Crippen molar-refractivity contribution in [3.05, 3.63) is 88.7 Å². The molecule has 0 fully saturated rings. The van der Waals surface area contributed by atoms with Crippen molar-refractivity contribution in [2.45, 2.75) is 42.7 Å². The first-order valence-electron chi connectivity index (χ1n) is 9.80. The first-order chi connectivity index (χ1) is 14.5. The van der Waals surface area contributed by atoms with Gasteiger partial charge in [0.1, 0.15) is 5.25 Å². The lowest BCUT2D eigenvalue weighted by atomic mass is 10.1. The van der Waals surface area contributed by atoms with E-state index in [0.29, 0.717) is 16.7 Å². The molecule has 0 saturated carbocycles. The van der Waals surface area contributed by atoms with Gasteiger partial charge in [0.25, 0.3) is 0 Å². The average Bonchev–Trinajstić information content (AvgIpc) is 2.68. The van der Waals surface area contributed by atoms with Gasteiger partial charge in [0.15, 0.2) is 9.84 Å². The van der Waals surface area contributed by atoms with Crippen molar-refractivity contribution in [3.8, 4) is 0 Å². The molecule has 3 rings (SSSR count). The third-order valence-corrected chi connectivity index (χ3v) is 8.96. The molecule has 1 N–H and O–H groups in total. The van der Waals surface area contributed by atoms with Gasteiger partial charge in [-0.3, -0.25) is 4.98 Å². The summed E-state index contributed by atoms with van der Waals surface area (Å²) in [4.78, 5) is 4.34. The molecule has 2 aromatic carbocycles. The van der Waals surface area contributed by atoms with E-state index in [1.165, 1.54) is 18.3 Å². The molecule has 0 bridgehead atoms. The lowest BCUT2D eigenvalue weighted by molar-refractivity contribution is 0.568. The smallest absolute Gasteiger partial charge is 0.241 e. The third-order valence-electron chi connectivity index (χ3n) is 5.11. The molecule has 3 aromatic rings. The summed E-state index contributed by atoms with van der Waals surface area (Å²) in [6.07, 6.45) is 3.00. The average molecular weight is 459 g/mol. The molecule has 1 heterocycles. The molecule has 0 amide bonds. The van der Waals surface area contributed by atoms with Crippen LogP contribution in [0.4, 0.5) is 0 Å². The van der Waals surface area contributed by atoms with Gasteiger partial charge in [-0.05, 0) is 62.6 Å². The molecule has 0 radical (unpaired) electrons. The number of aromatic nitrogens is 1. The molecular weight excluding hydrogens is 432 g/mol. The van der Waals surface area contributed by atoms with Crippen LogP contribution in [0.3, 0.4) is 0 Å². The van der Waals surface area contributed by atoms with E-state index in [1.807, 2.05) is 13.8 Å². The summed E-state index contributed by atoms with van der Waals surface area (Å²) in [7, 11) is -7.79. The van der Waals surface area contributed by atoms with E-state index in [-0.39, 0.29) is 16.3 Å². The Labute approximate surface area is 184 Å². The topological polar surface area (TPSA) is 93.2 Å².